The molecule has 0 radical (unpaired) electrons. The highest BCUT2D eigenvalue weighted by Crippen LogP contribution is 2.67. The first-order valence-corrected chi connectivity index (χ1v) is 10.1. The summed E-state index contributed by atoms with van der Waals surface area (Å²) in [5, 5.41) is 43.1. The smallest absolute Gasteiger partial charge is 0.161 e. The maximum absolute atomic E-state index is 12.3. The zero-order valence-electron chi connectivity index (χ0n) is 16.0. The van der Waals surface area contributed by atoms with Crippen LogP contribution in [0.3, 0.4) is 0 Å². The van der Waals surface area contributed by atoms with Gasteiger partial charge in [-0.2, -0.15) is 0 Å². The quantitative estimate of drug-likeness (QED) is 0.530. The minimum Gasteiger partial charge on any atom is -0.390 e. The average Bonchev–Trinajstić information content (AvgIpc) is 2.87. The molecule has 3 saturated carbocycles. The van der Waals surface area contributed by atoms with Crippen molar-refractivity contribution in [1.82, 2.24) is 0 Å². The highest BCUT2D eigenvalue weighted by atomic mass is 16.3. The average molecular weight is 364 g/mol. The minimum atomic E-state index is -1.33. The fraction of sp³-hybridized carbons (Fsp3) is 0.857. The van der Waals surface area contributed by atoms with Crippen LogP contribution in [0.25, 0.3) is 0 Å². The van der Waals surface area contributed by atoms with Crippen LogP contribution in [0, 0.1) is 28.6 Å². The lowest BCUT2D eigenvalue weighted by molar-refractivity contribution is -0.180. The zero-order valence-corrected chi connectivity index (χ0v) is 16.0. The van der Waals surface area contributed by atoms with E-state index in [4.69, 9.17) is 0 Å². The lowest BCUT2D eigenvalue weighted by atomic mass is 9.45. The second-order valence-corrected chi connectivity index (χ2v) is 9.78. The Hall–Kier alpha value is -0.750. The molecule has 0 heterocycles. The summed E-state index contributed by atoms with van der Waals surface area (Å²) < 4.78 is 0. The van der Waals surface area contributed by atoms with E-state index in [0.29, 0.717) is 19.3 Å². The number of rotatable bonds is 1. The van der Waals surface area contributed by atoms with Crippen molar-refractivity contribution in [3.63, 3.8) is 0 Å². The van der Waals surface area contributed by atoms with Crippen molar-refractivity contribution in [1.29, 1.82) is 0 Å². The maximum atomic E-state index is 12.3. The van der Waals surface area contributed by atoms with Gasteiger partial charge in [0.05, 0.1) is 12.2 Å². The summed E-state index contributed by atoms with van der Waals surface area (Å²) in [7, 11) is 0. The Morgan fingerprint density at radius 1 is 1.04 bits per heavy atom. The molecule has 4 aliphatic rings. The van der Waals surface area contributed by atoms with Crippen molar-refractivity contribution in [2.75, 3.05) is 0 Å². The summed E-state index contributed by atoms with van der Waals surface area (Å²) in [5.74, 6) is -0.0917. The zero-order chi connectivity index (χ0) is 19.1. The Kier molecular flexibility index (Phi) is 4.03. The maximum Gasteiger partial charge on any atom is 0.161 e. The summed E-state index contributed by atoms with van der Waals surface area (Å²) in [6, 6.07) is 0. The van der Waals surface area contributed by atoms with E-state index in [1.165, 1.54) is 6.92 Å². The van der Waals surface area contributed by atoms with Crippen LogP contribution in [-0.2, 0) is 4.79 Å². The molecule has 0 aromatic rings. The summed E-state index contributed by atoms with van der Waals surface area (Å²) in [5.41, 5.74) is -1.33. The third-order valence-electron chi connectivity index (χ3n) is 8.91. The van der Waals surface area contributed by atoms with Crippen LogP contribution in [-0.4, -0.2) is 50.1 Å². The topological polar surface area (TPSA) is 98.0 Å². The first kappa shape index (κ1) is 18.6. The molecule has 5 nitrogen and oxygen atoms in total. The largest absolute Gasteiger partial charge is 0.390 e. The minimum absolute atomic E-state index is 0.0185. The molecular weight excluding hydrogens is 332 g/mol. The van der Waals surface area contributed by atoms with E-state index in [-0.39, 0.29) is 29.0 Å². The molecule has 4 N–H and O–H groups in total. The normalized spacial score (nSPS) is 56.2. The van der Waals surface area contributed by atoms with Gasteiger partial charge in [-0.15, -0.1) is 0 Å². The lowest BCUT2D eigenvalue weighted by Gasteiger charge is -2.61. The second kappa shape index (κ2) is 5.63. The molecular formula is C21H32O5. The third kappa shape index (κ3) is 2.09. The van der Waals surface area contributed by atoms with Crippen LogP contribution in [0.1, 0.15) is 59.3 Å². The molecule has 0 aromatic carbocycles. The number of hydrogen-bond donors (Lipinski definition) is 4. The van der Waals surface area contributed by atoms with Gasteiger partial charge < -0.3 is 20.4 Å². The van der Waals surface area contributed by atoms with Gasteiger partial charge in [0.15, 0.2) is 5.78 Å². The van der Waals surface area contributed by atoms with E-state index in [9.17, 15) is 25.2 Å². The van der Waals surface area contributed by atoms with Crippen molar-refractivity contribution in [3.8, 4) is 0 Å². The molecule has 0 bridgehead atoms. The highest BCUT2D eigenvalue weighted by molar-refractivity contribution is 5.86. The Labute approximate surface area is 155 Å². The van der Waals surface area contributed by atoms with Gasteiger partial charge in [-0.3, -0.25) is 4.79 Å². The molecule has 4 rings (SSSR count). The fourth-order valence-electron chi connectivity index (χ4n) is 7.31. The first-order valence-electron chi connectivity index (χ1n) is 10.1. The number of Topliss-reactive ketones (excluding diaryl/α,β-unsaturated/α-hetero) is 1. The van der Waals surface area contributed by atoms with Crippen LogP contribution >= 0.6 is 0 Å². The summed E-state index contributed by atoms with van der Waals surface area (Å²) >= 11 is 0. The van der Waals surface area contributed by atoms with Gasteiger partial charge in [-0.1, -0.05) is 19.9 Å². The number of fused-ring (bicyclic) bond motifs is 5. The van der Waals surface area contributed by atoms with Gasteiger partial charge >= 0.3 is 0 Å². The Morgan fingerprint density at radius 3 is 2.35 bits per heavy atom. The molecule has 0 saturated heterocycles. The van der Waals surface area contributed by atoms with Gasteiger partial charge in [0.1, 0.15) is 11.7 Å². The van der Waals surface area contributed by atoms with E-state index in [2.05, 4.69) is 6.92 Å². The Balaban J connectivity index is 1.77. The number of aliphatic hydroxyl groups excluding tert-OH is 3. The molecule has 0 unspecified atom stereocenters. The molecule has 0 spiro atoms. The van der Waals surface area contributed by atoms with Gasteiger partial charge in [-0.25, -0.2) is 0 Å². The van der Waals surface area contributed by atoms with Crippen LogP contribution in [0.4, 0.5) is 0 Å². The Bertz CT molecular complexity index is 659. The van der Waals surface area contributed by atoms with Crippen molar-refractivity contribution in [3.05, 3.63) is 11.6 Å². The second-order valence-electron chi connectivity index (χ2n) is 9.78. The van der Waals surface area contributed by atoms with Crippen molar-refractivity contribution >= 4 is 5.78 Å². The predicted molar refractivity (Wildman–Crippen MR) is 96.1 cm³/mol. The number of hydrogen-bond acceptors (Lipinski definition) is 5. The molecule has 3 fully saturated rings. The van der Waals surface area contributed by atoms with E-state index in [0.717, 1.165) is 24.8 Å². The van der Waals surface area contributed by atoms with Gasteiger partial charge in [0, 0.05) is 5.41 Å². The number of carbonyl (C=O) groups excluding carboxylic acids is 1. The molecule has 4 aliphatic carbocycles. The molecule has 0 amide bonds. The molecule has 5 heteroatoms. The van der Waals surface area contributed by atoms with Crippen molar-refractivity contribution < 1.29 is 25.2 Å². The molecule has 26 heavy (non-hydrogen) atoms. The van der Waals surface area contributed by atoms with E-state index < -0.39 is 29.3 Å². The summed E-state index contributed by atoms with van der Waals surface area (Å²) in [6.45, 7) is 5.63. The van der Waals surface area contributed by atoms with Crippen LogP contribution in [0.5, 0.6) is 0 Å². The number of carbonyl (C=O) groups is 1. The SMILES string of the molecule is CC(=O)[C@@]1(O)CC[C@H]2[C@@H]3[C@@H](O)[C@@H](O)C4=C[C@H](O)CC[C@]4(C)[C@H]3CC[C@@]21C. The number of aliphatic hydroxyl groups is 4. The summed E-state index contributed by atoms with van der Waals surface area (Å²) in [4.78, 5) is 12.3. The first-order chi connectivity index (χ1) is 12.1. The van der Waals surface area contributed by atoms with Crippen molar-refractivity contribution in [2.45, 2.75) is 83.2 Å². The molecule has 0 aromatic heterocycles. The van der Waals surface area contributed by atoms with Crippen LogP contribution in [0.2, 0.25) is 0 Å². The Morgan fingerprint density at radius 2 is 1.69 bits per heavy atom. The van der Waals surface area contributed by atoms with Gasteiger partial charge in [-0.05, 0) is 74.2 Å². The summed E-state index contributed by atoms with van der Waals surface area (Å²) in [6.07, 6.45) is 3.49. The fourth-order valence-corrected chi connectivity index (χ4v) is 7.31. The molecule has 0 aliphatic heterocycles. The van der Waals surface area contributed by atoms with Crippen molar-refractivity contribution in [2.24, 2.45) is 28.6 Å². The lowest BCUT2D eigenvalue weighted by Crippen LogP contribution is -2.63. The third-order valence-corrected chi connectivity index (χ3v) is 8.91. The molecule has 9 atom stereocenters. The molecule has 146 valence electrons. The van der Waals surface area contributed by atoms with Gasteiger partial charge in [0.2, 0.25) is 0 Å². The highest BCUT2D eigenvalue weighted by Gasteiger charge is 2.68. The van der Waals surface area contributed by atoms with Crippen LogP contribution < -0.4 is 0 Å². The van der Waals surface area contributed by atoms with Gasteiger partial charge in [0.25, 0.3) is 0 Å². The monoisotopic (exact) mass is 364 g/mol. The number of ketones is 1. The standard InChI is InChI=1S/C21H32O5/c1-11(22)21(26)9-6-14-16-13(5-8-20(14,21)3)19(2)7-4-12(23)10-15(19)17(24)18(16)25/h10,12-14,16-18,23-26H,4-9H2,1-3H3/t12-,13+,14+,16-,17+,18-,19-,20+,21+/m1/s1. The predicted octanol–water partition coefficient (Wildman–Crippen LogP) is 1.57. The van der Waals surface area contributed by atoms with Crippen LogP contribution in [0.15, 0.2) is 11.6 Å². The van der Waals surface area contributed by atoms with E-state index in [1.807, 2.05) is 6.92 Å². The van der Waals surface area contributed by atoms with E-state index >= 15 is 0 Å². The van der Waals surface area contributed by atoms with E-state index in [1.54, 1.807) is 6.08 Å².